The van der Waals surface area contributed by atoms with E-state index in [1.807, 2.05) is 86.5 Å². The number of thioether (sulfide) groups is 2. The van der Waals surface area contributed by atoms with Crippen LogP contribution in [0.4, 0.5) is 11.4 Å². The van der Waals surface area contributed by atoms with Crippen LogP contribution in [0.3, 0.4) is 0 Å². The molecular formula is C27H30N2O2S2. The summed E-state index contributed by atoms with van der Waals surface area (Å²) in [7, 11) is 7.95. The van der Waals surface area contributed by atoms with Crippen molar-refractivity contribution in [3.05, 3.63) is 81.6 Å². The third-order valence-corrected chi connectivity index (χ3v) is 8.10. The largest absolute Gasteiger partial charge is 0.378 e. The van der Waals surface area contributed by atoms with E-state index in [4.69, 9.17) is 0 Å². The number of carbonyl (C=O) groups is 2. The highest BCUT2D eigenvalue weighted by Crippen LogP contribution is 2.44. The van der Waals surface area contributed by atoms with Crippen LogP contribution in [0.25, 0.3) is 12.2 Å². The fourth-order valence-corrected chi connectivity index (χ4v) is 6.04. The standard InChI is InChI=1S/C27H30N2O2S2/c1-19-18-32-27(33-19)26(24(30)16-10-20-6-12-22(13-7-20)28(2)3)25(31)17-11-21-8-14-23(15-9-21)29(4)5/h6-17,19H,18H2,1-5H3/b16-10+,17-11+/t19-/m0/s1. The number of nitrogens with zero attached hydrogens (tertiary/aromatic N) is 2. The van der Waals surface area contributed by atoms with Crippen LogP contribution in [0, 0.1) is 0 Å². The maximum atomic E-state index is 13.1. The van der Waals surface area contributed by atoms with Gasteiger partial charge in [0.1, 0.15) is 0 Å². The van der Waals surface area contributed by atoms with E-state index in [2.05, 4.69) is 6.92 Å². The molecule has 1 fully saturated rings. The lowest BCUT2D eigenvalue weighted by Gasteiger charge is -2.11. The van der Waals surface area contributed by atoms with E-state index in [1.165, 1.54) is 12.2 Å². The van der Waals surface area contributed by atoms with Crippen molar-refractivity contribution in [1.82, 2.24) is 0 Å². The average Bonchev–Trinajstić information content (AvgIpc) is 3.22. The van der Waals surface area contributed by atoms with Gasteiger partial charge in [-0.3, -0.25) is 9.59 Å². The Balaban J connectivity index is 1.81. The maximum absolute atomic E-state index is 13.1. The molecule has 172 valence electrons. The van der Waals surface area contributed by atoms with Gasteiger partial charge in [0, 0.05) is 50.6 Å². The minimum atomic E-state index is -0.256. The second-order valence-electron chi connectivity index (χ2n) is 8.27. The van der Waals surface area contributed by atoms with Crippen molar-refractivity contribution in [1.29, 1.82) is 0 Å². The van der Waals surface area contributed by atoms with E-state index in [9.17, 15) is 9.59 Å². The van der Waals surface area contributed by atoms with Gasteiger partial charge in [0.25, 0.3) is 0 Å². The Morgan fingerprint density at radius 1 is 0.788 bits per heavy atom. The predicted octanol–water partition coefficient (Wildman–Crippen LogP) is 5.76. The van der Waals surface area contributed by atoms with Gasteiger partial charge in [-0.25, -0.2) is 0 Å². The van der Waals surface area contributed by atoms with Gasteiger partial charge >= 0.3 is 0 Å². The molecule has 0 bridgehead atoms. The highest BCUT2D eigenvalue weighted by atomic mass is 32.2. The molecule has 0 aliphatic carbocycles. The van der Waals surface area contributed by atoms with E-state index in [0.717, 1.165) is 32.5 Å². The van der Waals surface area contributed by atoms with Crippen LogP contribution in [0.2, 0.25) is 0 Å². The summed E-state index contributed by atoms with van der Waals surface area (Å²) in [6, 6.07) is 15.9. The highest BCUT2D eigenvalue weighted by Gasteiger charge is 2.26. The molecule has 1 heterocycles. The van der Waals surface area contributed by atoms with Gasteiger partial charge in [0.05, 0.1) is 9.81 Å². The van der Waals surface area contributed by atoms with E-state index in [1.54, 1.807) is 35.7 Å². The second-order valence-corrected chi connectivity index (χ2v) is 11.0. The number of ketones is 2. The lowest BCUT2D eigenvalue weighted by molar-refractivity contribution is -0.116. The summed E-state index contributed by atoms with van der Waals surface area (Å²) < 4.78 is 0.817. The molecule has 0 saturated carbocycles. The predicted molar refractivity (Wildman–Crippen MR) is 146 cm³/mol. The van der Waals surface area contributed by atoms with Crippen LogP contribution >= 0.6 is 23.5 Å². The summed E-state index contributed by atoms with van der Waals surface area (Å²) in [5, 5.41) is 0.380. The highest BCUT2D eigenvalue weighted by molar-refractivity contribution is 8.25. The van der Waals surface area contributed by atoms with Gasteiger partial charge in [0.2, 0.25) is 0 Å². The van der Waals surface area contributed by atoms with Gasteiger partial charge in [-0.15, -0.1) is 23.5 Å². The van der Waals surface area contributed by atoms with Crippen molar-refractivity contribution in [2.24, 2.45) is 0 Å². The molecule has 0 radical (unpaired) electrons. The third kappa shape index (κ3) is 6.89. The molecule has 0 aromatic heterocycles. The van der Waals surface area contributed by atoms with Crippen LogP contribution < -0.4 is 9.80 Å². The summed E-state index contributed by atoms with van der Waals surface area (Å²) in [4.78, 5) is 30.3. The summed E-state index contributed by atoms with van der Waals surface area (Å²) in [6.45, 7) is 2.11. The van der Waals surface area contributed by atoms with E-state index < -0.39 is 0 Å². The van der Waals surface area contributed by atoms with Crippen LogP contribution in [0.5, 0.6) is 0 Å². The first-order chi connectivity index (χ1) is 15.7. The molecule has 1 aliphatic heterocycles. The van der Waals surface area contributed by atoms with Gasteiger partial charge in [-0.1, -0.05) is 43.3 Å². The van der Waals surface area contributed by atoms with Crippen LogP contribution in [-0.2, 0) is 9.59 Å². The number of carbonyl (C=O) groups excluding carboxylic acids is 2. The number of allylic oxidation sites excluding steroid dienone is 3. The molecule has 2 aromatic carbocycles. The van der Waals surface area contributed by atoms with Crippen LogP contribution in [-0.4, -0.2) is 50.8 Å². The first kappa shape index (κ1) is 24.9. The topological polar surface area (TPSA) is 40.6 Å². The van der Waals surface area contributed by atoms with Crippen molar-refractivity contribution < 1.29 is 9.59 Å². The fourth-order valence-electron chi connectivity index (χ4n) is 3.18. The molecule has 0 spiro atoms. The molecule has 1 saturated heterocycles. The van der Waals surface area contributed by atoms with Crippen LogP contribution in [0.1, 0.15) is 18.1 Å². The molecule has 1 atom stereocenters. The fraction of sp³-hybridized carbons (Fsp3) is 0.259. The Morgan fingerprint density at radius 3 is 1.55 bits per heavy atom. The number of benzene rings is 2. The maximum Gasteiger partial charge on any atom is 0.191 e. The Hall–Kier alpha value is -2.70. The monoisotopic (exact) mass is 478 g/mol. The summed E-state index contributed by atoms with van der Waals surface area (Å²) >= 11 is 3.20. The molecule has 33 heavy (non-hydrogen) atoms. The van der Waals surface area contributed by atoms with E-state index >= 15 is 0 Å². The zero-order valence-electron chi connectivity index (χ0n) is 19.7. The first-order valence-corrected chi connectivity index (χ1v) is 12.6. The molecule has 2 aromatic rings. The zero-order chi connectivity index (χ0) is 24.0. The number of hydrogen-bond donors (Lipinski definition) is 0. The number of rotatable bonds is 8. The first-order valence-electron chi connectivity index (χ1n) is 10.8. The van der Waals surface area contributed by atoms with Gasteiger partial charge < -0.3 is 9.80 Å². The normalized spacial score (nSPS) is 15.9. The summed E-state index contributed by atoms with van der Waals surface area (Å²) in [5.41, 5.74) is 4.28. The molecule has 1 aliphatic rings. The Labute approximate surface area is 205 Å². The zero-order valence-corrected chi connectivity index (χ0v) is 21.4. The Bertz CT molecular complexity index is 1010. The lowest BCUT2D eigenvalue weighted by atomic mass is 10.1. The minimum Gasteiger partial charge on any atom is -0.378 e. The van der Waals surface area contributed by atoms with Gasteiger partial charge in [-0.2, -0.15) is 0 Å². The van der Waals surface area contributed by atoms with Gasteiger partial charge in [-0.05, 0) is 47.5 Å². The van der Waals surface area contributed by atoms with Crippen molar-refractivity contribution in [2.45, 2.75) is 12.2 Å². The quantitative estimate of drug-likeness (QED) is 0.273. The van der Waals surface area contributed by atoms with Gasteiger partial charge in [0.15, 0.2) is 11.6 Å². The number of anilines is 2. The average molecular weight is 479 g/mol. The van der Waals surface area contributed by atoms with Crippen LogP contribution in [0.15, 0.2) is 70.5 Å². The molecule has 0 amide bonds. The van der Waals surface area contributed by atoms with Crippen molar-refractivity contribution in [3.63, 3.8) is 0 Å². The van der Waals surface area contributed by atoms with E-state index in [0.29, 0.717) is 5.25 Å². The molecule has 6 heteroatoms. The Kier molecular flexibility index (Phi) is 8.64. The van der Waals surface area contributed by atoms with E-state index in [-0.39, 0.29) is 17.1 Å². The second kappa shape index (κ2) is 11.4. The van der Waals surface area contributed by atoms with Crippen molar-refractivity contribution >= 4 is 58.6 Å². The molecular weight excluding hydrogens is 448 g/mol. The molecule has 0 unspecified atom stereocenters. The minimum absolute atomic E-state index is 0.256. The number of hydrogen-bond acceptors (Lipinski definition) is 6. The lowest BCUT2D eigenvalue weighted by Crippen LogP contribution is -2.10. The van der Waals surface area contributed by atoms with Crippen molar-refractivity contribution in [2.75, 3.05) is 43.7 Å². The molecule has 3 rings (SSSR count). The smallest absolute Gasteiger partial charge is 0.191 e. The van der Waals surface area contributed by atoms with Crippen molar-refractivity contribution in [3.8, 4) is 0 Å². The summed E-state index contributed by atoms with van der Waals surface area (Å²) in [6.07, 6.45) is 6.56. The molecule has 0 N–H and O–H groups in total. The third-order valence-electron chi connectivity index (χ3n) is 5.13. The summed E-state index contributed by atoms with van der Waals surface area (Å²) in [5.74, 6) is 0.386. The Morgan fingerprint density at radius 2 is 1.21 bits per heavy atom. The molecule has 4 nitrogen and oxygen atoms in total. The SMILES string of the molecule is C[C@H]1CSC(=C(C(=O)/C=C/c2ccc(N(C)C)cc2)C(=O)/C=C/c2ccc(N(C)C)cc2)S1.